The fourth-order valence-electron chi connectivity index (χ4n) is 1.84. The van der Waals surface area contributed by atoms with Crippen molar-refractivity contribution >= 4 is 21.9 Å². The van der Waals surface area contributed by atoms with Crippen LogP contribution in [-0.4, -0.2) is 45.6 Å². The molecular formula is C16H24N2O6S. The van der Waals surface area contributed by atoms with Crippen molar-refractivity contribution in [2.75, 3.05) is 7.11 Å². The predicted octanol–water partition coefficient (Wildman–Crippen LogP) is 0.818. The van der Waals surface area contributed by atoms with Crippen molar-refractivity contribution in [2.45, 2.75) is 50.8 Å². The van der Waals surface area contributed by atoms with Gasteiger partial charge in [-0.2, -0.15) is 4.72 Å². The van der Waals surface area contributed by atoms with E-state index in [1.165, 1.54) is 45.2 Å². The van der Waals surface area contributed by atoms with Crippen molar-refractivity contribution in [2.24, 2.45) is 0 Å². The van der Waals surface area contributed by atoms with Crippen LogP contribution >= 0.6 is 0 Å². The summed E-state index contributed by atoms with van der Waals surface area (Å²) in [4.78, 5) is 23.7. The summed E-state index contributed by atoms with van der Waals surface area (Å²) in [5.41, 5.74) is 0. The van der Waals surface area contributed by atoms with Crippen molar-refractivity contribution in [3.63, 3.8) is 0 Å². The number of benzene rings is 1. The van der Waals surface area contributed by atoms with Gasteiger partial charge in [-0.1, -0.05) is 0 Å². The largest absolute Gasteiger partial charge is 0.497 e. The minimum atomic E-state index is -3.91. The first-order chi connectivity index (χ1) is 11.6. The molecule has 0 radical (unpaired) electrons. The summed E-state index contributed by atoms with van der Waals surface area (Å²) in [7, 11) is -2.44. The van der Waals surface area contributed by atoms with Crippen molar-refractivity contribution in [3.05, 3.63) is 24.3 Å². The van der Waals surface area contributed by atoms with Crippen LogP contribution < -0.4 is 14.8 Å². The second kappa shape index (κ2) is 8.82. The maximum absolute atomic E-state index is 12.3. The van der Waals surface area contributed by atoms with Gasteiger partial charge >= 0.3 is 5.97 Å². The first-order valence-corrected chi connectivity index (χ1v) is 9.22. The molecule has 0 aliphatic carbocycles. The molecule has 0 fully saturated rings. The molecular weight excluding hydrogens is 348 g/mol. The third kappa shape index (κ3) is 6.35. The zero-order valence-corrected chi connectivity index (χ0v) is 15.7. The first-order valence-electron chi connectivity index (χ1n) is 7.74. The number of hydrogen-bond acceptors (Lipinski definition) is 6. The topological polar surface area (TPSA) is 111 Å². The highest BCUT2D eigenvalue weighted by atomic mass is 32.2. The Morgan fingerprint density at radius 2 is 1.60 bits per heavy atom. The third-order valence-electron chi connectivity index (χ3n) is 3.15. The molecule has 2 atom stereocenters. The van der Waals surface area contributed by atoms with Crippen molar-refractivity contribution < 1.29 is 27.5 Å². The molecule has 0 aliphatic rings. The quantitative estimate of drug-likeness (QED) is 0.654. The molecule has 2 N–H and O–H groups in total. The fraction of sp³-hybridized carbons (Fsp3) is 0.500. The molecule has 0 saturated heterocycles. The Labute approximate surface area is 147 Å². The van der Waals surface area contributed by atoms with Crippen LogP contribution in [0.1, 0.15) is 27.7 Å². The van der Waals surface area contributed by atoms with Crippen molar-refractivity contribution in [3.8, 4) is 5.75 Å². The lowest BCUT2D eigenvalue weighted by atomic mass is 10.3. The van der Waals surface area contributed by atoms with E-state index in [2.05, 4.69) is 10.0 Å². The van der Waals surface area contributed by atoms with Crippen LogP contribution in [0.3, 0.4) is 0 Å². The van der Waals surface area contributed by atoms with E-state index < -0.39 is 34.0 Å². The molecule has 0 aliphatic heterocycles. The van der Waals surface area contributed by atoms with Crippen LogP contribution in [0.5, 0.6) is 5.75 Å². The van der Waals surface area contributed by atoms with Crippen LogP contribution in [0.2, 0.25) is 0 Å². The Morgan fingerprint density at radius 3 is 2.08 bits per heavy atom. The number of amides is 1. The van der Waals surface area contributed by atoms with Crippen LogP contribution in [0, 0.1) is 0 Å². The van der Waals surface area contributed by atoms with Crippen LogP contribution in [0.15, 0.2) is 29.2 Å². The van der Waals surface area contributed by atoms with Gasteiger partial charge in [0.1, 0.15) is 11.8 Å². The van der Waals surface area contributed by atoms with E-state index >= 15 is 0 Å². The first kappa shape index (κ1) is 20.9. The molecule has 0 saturated carbocycles. The number of nitrogens with one attached hydrogen (secondary N) is 2. The number of rotatable bonds is 8. The van der Waals surface area contributed by atoms with E-state index in [1.54, 1.807) is 13.8 Å². The lowest BCUT2D eigenvalue weighted by molar-refractivity contribution is -0.156. The monoisotopic (exact) mass is 372 g/mol. The van der Waals surface area contributed by atoms with Crippen molar-refractivity contribution in [1.29, 1.82) is 0 Å². The van der Waals surface area contributed by atoms with Crippen LogP contribution in [-0.2, 0) is 24.3 Å². The maximum Gasteiger partial charge on any atom is 0.324 e. The molecule has 0 bridgehead atoms. The number of hydrogen-bond donors (Lipinski definition) is 2. The third-order valence-corrected chi connectivity index (χ3v) is 4.70. The minimum Gasteiger partial charge on any atom is -0.497 e. The molecule has 1 aromatic rings. The molecule has 0 aromatic heterocycles. The zero-order valence-electron chi connectivity index (χ0n) is 14.9. The zero-order chi connectivity index (χ0) is 19.2. The molecule has 25 heavy (non-hydrogen) atoms. The average molecular weight is 372 g/mol. The fourth-order valence-corrected chi connectivity index (χ4v) is 3.03. The second-order valence-electron chi connectivity index (χ2n) is 5.76. The van der Waals surface area contributed by atoms with E-state index in [9.17, 15) is 18.0 Å². The highest BCUT2D eigenvalue weighted by Crippen LogP contribution is 2.15. The Morgan fingerprint density at radius 1 is 1.04 bits per heavy atom. The van der Waals surface area contributed by atoms with Gasteiger partial charge < -0.3 is 14.8 Å². The van der Waals surface area contributed by atoms with Gasteiger partial charge in [0.05, 0.1) is 12.0 Å². The number of esters is 1. The van der Waals surface area contributed by atoms with E-state index in [4.69, 9.17) is 9.47 Å². The Bertz CT molecular complexity index is 700. The summed E-state index contributed by atoms with van der Waals surface area (Å²) in [5, 5.41) is 2.61. The van der Waals surface area contributed by atoms with Gasteiger partial charge in [-0.25, -0.2) is 8.42 Å². The normalized spacial score (nSPS) is 13.8. The van der Waals surface area contributed by atoms with Gasteiger partial charge in [0.2, 0.25) is 10.0 Å². The molecule has 0 heterocycles. The molecule has 140 valence electrons. The van der Waals surface area contributed by atoms with Crippen LogP contribution in [0.4, 0.5) is 0 Å². The van der Waals surface area contributed by atoms with Gasteiger partial charge in [-0.3, -0.25) is 9.59 Å². The number of sulfonamides is 1. The number of ether oxygens (including phenoxy) is 2. The van der Waals surface area contributed by atoms with E-state index in [1.807, 2.05) is 0 Å². The Balaban J connectivity index is 2.70. The standard InChI is InChI=1S/C16H24N2O6S/c1-10(2)17-15(19)12(4)24-16(20)11(3)18-25(21,22)14-8-6-13(23-5)7-9-14/h6-12,18H,1-5H3,(H,17,19). The Hall–Kier alpha value is -2.13. The van der Waals surface area contributed by atoms with Gasteiger partial charge in [0, 0.05) is 6.04 Å². The number of carbonyl (C=O) groups excluding carboxylic acids is 2. The number of carbonyl (C=O) groups is 2. The Kier molecular flexibility index (Phi) is 7.38. The number of methoxy groups -OCH3 is 1. The molecule has 8 nitrogen and oxygen atoms in total. The second-order valence-corrected chi connectivity index (χ2v) is 7.47. The van der Waals surface area contributed by atoms with Gasteiger partial charge in [-0.15, -0.1) is 0 Å². The van der Waals surface area contributed by atoms with E-state index in [0.29, 0.717) is 5.75 Å². The highest BCUT2D eigenvalue weighted by Gasteiger charge is 2.26. The molecule has 9 heteroatoms. The lowest BCUT2D eigenvalue weighted by Crippen LogP contribution is -2.44. The molecule has 1 rings (SSSR count). The van der Waals surface area contributed by atoms with Gasteiger partial charge in [0.15, 0.2) is 6.10 Å². The summed E-state index contributed by atoms with van der Waals surface area (Å²) in [6.45, 7) is 6.31. The maximum atomic E-state index is 12.3. The van der Waals surface area contributed by atoms with E-state index in [-0.39, 0.29) is 10.9 Å². The van der Waals surface area contributed by atoms with Crippen LogP contribution in [0.25, 0.3) is 0 Å². The summed E-state index contributed by atoms with van der Waals surface area (Å²) in [6, 6.07) is 4.46. The highest BCUT2D eigenvalue weighted by molar-refractivity contribution is 7.89. The van der Waals surface area contributed by atoms with Crippen molar-refractivity contribution in [1.82, 2.24) is 10.0 Å². The smallest absolute Gasteiger partial charge is 0.324 e. The summed E-state index contributed by atoms with van der Waals surface area (Å²) in [6.07, 6.45) is -1.03. The summed E-state index contributed by atoms with van der Waals surface area (Å²) in [5.74, 6) is -0.784. The molecule has 2 unspecified atom stereocenters. The summed E-state index contributed by atoms with van der Waals surface area (Å²) >= 11 is 0. The average Bonchev–Trinajstić information content (AvgIpc) is 2.53. The van der Waals surface area contributed by atoms with Gasteiger partial charge in [0.25, 0.3) is 5.91 Å². The molecule has 1 amide bonds. The molecule has 0 spiro atoms. The minimum absolute atomic E-state index is 0.0152. The lowest BCUT2D eigenvalue weighted by Gasteiger charge is -2.18. The summed E-state index contributed by atoms with van der Waals surface area (Å²) < 4.78 is 36.7. The van der Waals surface area contributed by atoms with E-state index in [0.717, 1.165) is 0 Å². The van der Waals surface area contributed by atoms with Gasteiger partial charge in [-0.05, 0) is 52.0 Å². The molecule has 1 aromatic carbocycles. The SMILES string of the molecule is COc1ccc(S(=O)(=O)NC(C)C(=O)OC(C)C(=O)NC(C)C)cc1. The predicted molar refractivity (Wildman–Crippen MR) is 91.6 cm³/mol.